The highest BCUT2D eigenvalue weighted by Gasteiger charge is 2.25. The van der Waals surface area contributed by atoms with Crippen LogP contribution in [0.25, 0.3) is 20.8 Å². The van der Waals surface area contributed by atoms with E-state index in [0.29, 0.717) is 29.1 Å². The number of thiazole rings is 1. The summed E-state index contributed by atoms with van der Waals surface area (Å²) >= 11 is 1.37. The van der Waals surface area contributed by atoms with Gasteiger partial charge in [0.15, 0.2) is 11.6 Å². The van der Waals surface area contributed by atoms with Crippen LogP contribution in [0.2, 0.25) is 0 Å². The lowest BCUT2D eigenvalue weighted by Crippen LogP contribution is -2.30. The molecule has 1 amide bonds. The maximum absolute atomic E-state index is 13.4. The number of amides is 1. The number of rotatable bonds is 3. The van der Waals surface area contributed by atoms with E-state index in [2.05, 4.69) is 4.98 Å². The van der Waals surface area contributed by atoms with Gasteiger partial charge in [0.25, 0.3) is 0 Å². The first kappa shape index (κ1) is 19.7. The maximum atomic E-state index is 13.4. The van der Waals surface area contributed by atoms with Crippen LogP contribution in [0, 0.1) is 11.6 Å². The minimum Gasteiger partial charge on any atom is -0.339 e. The molecule has 0 N–H and O–H groups in total. The molecule has 2 aromatic carbocycles. The van der Waals surface area contributed by atoms with E-state index in [9.17, 15) is 18.0 Å². The first-order valence-corrected chi connectivity index (χ1v) is 9.08. The summed E-state index contributed by atoms with van der Waals surface area (Å²) in [6.45, 7) is 0.622. The number of alkyl halides is 1. The van der Waals surface area contributed by atoms with Crippen LogP contribution in [-0.2, 0) is 11.2 Å². The van der Waals surface area contributed by atoms with Crippen LogP contribution in [-0.4, -0.2) is 35.1 Å². The summed E-state index contributed by atoms with van der Waals surface area (Å²) in [5.74, 6) is -1.90. The van der Waals surface area contributed by atoms with E-state index in [0.717, 1.165) is 22.4 Å². The van der Waals surface area contributed by atoms with Gasteiger partial charge in [-0.1, -0.05) is 6.07 Å². The topological polar surface area (TPSA) is 33.2 Å². The van der Waals surface area contributed by atoms with Gasteiger partial charge in [-0.3, -0.25) is 4.79 Å². The average Bonchev–Trinajstić information content (AvgIpc) is 3.23. The van der Waals surface area contributed by atoms with Crippen molar-refractivity contribution in [3.05, 3.63) is 53.6 Å². The molecule has 27 heavy (non-hydrogen) atoms. The van der Waals surface area contributed by atoms with Crippen molar-refractivity contribution < 1.29 is 18.0 Å². The van der Waals surface area contributed by atoms with Crippen LogP contribution in [0.3, 0.4) is 0 Å². The lowest BCUT2D eigenvalue weighted by atomic mass is 10.1. The number of fused-ring (bicyclic) bond motifs is 1. The molecule has 8 heteroatoms. The van der Waals surface area contributed by atoms with Gasteiger partial charge in [0.2, 0.25) is 5.91 Å². The van der Waals surface area contributed by atoms with Crippen LogP contribution in [0.15, 0.2) is 36.4 Å². The first-order chi connectivity index (χ1) is 12.5. The van der Waals surface area contributed by atoms with E-state index in [1.165, 1.54) is 17.4 Å². The Hall–Kier alpha value is -2.06. The highest BCUT2D eigenvalue weighted by Crippen LogP contribution is 2.31. The van der Waals surface area contributed by atoms with Crippen molar-refractivity contribution in [3.8, 4) is 10.6 Å². The van der Waals surface area contributed by atoms with Crippen molar-refractivity contribution >= 4 is 41.0 Å². The van der Waals surface area contributed by atoms with Gasteiger partial charge < -0.3 is 4.90 Å². The van der Waals surface area contributed by atoms with Gasteiger partial charge in [-0.2, -0.15) is 13.5 Å². The van der Waals surface area contributed by atoms with E-state index < -0.39 is 17.8 Å². The Balaban J connectivity index is 0.00000210. The zero-order chi connectivity index (χ0) is 18.3. The molecular weight excluding hydrogens is 393 g/mol. The third kappa shape index (κ3) is 4.11. The minimum absolute atomic E-state index is 0. The molecule has 1 atom stereocenters. The second kappa shape index (κ2) is 7.90. The second-order valence-electron chi connectivity index (χ2n) is 6.35. The number of benzene rings is 2. The molecule has 3 nitrogen and oxygen atoms in total. The molecule has 3 aromatic rings. The van der Waals surface area contributed by atoms with E-state index in [1.807, 2.05) is 18.2 Å². The van der Waals surface area contributed by atoms with Crippen LogP contribution in [0.1, 0.15) is 12.0 Å². The number of hydrogen-bond acceptors (Lipinski definition) is 3. The Morgan fingerprint density at radius 1 is 1.19 bits per heavy atom. The molecule has 1 aliphatic heterocycles. The van der Waals surface area contributed by atoms with Crippen molar-refractivity contribution in [1.82, 2.24) is 9.88 Å². The average molecular weight is 410 g/mol. The summed E-state index contributed by atoms with van der Waals surface area (Å²) in [6.07, 6.45) is -0.339. The predicted molar refractivity (Wildman–Crippen MR) is 105 cm³/mol. The third-order valence-electron chi connectivity index (χ3n) is 4.46. The Kier molecular flexibility index (Phi) is 5.76. The van der Waals surface area contributed by atoms with Gasteiger partial charge in [0.1, 0.15) is 11.2 Å². The fraction of sp³-hybridized carbons (Fsp3) is 0.263. The molecule has 0 radical (unpaired) electrons. The van der Waals surface area contributed by atoms with Gasteiger partial charge in [0, 0.05) is 12.1 Å². The molecule has 1 saturated heterocycles. The number of hydrogen-bond donors (Lipinski definition) is 0. The standard InChI is InChI=1S/C19H15F3N2OS.H2S/c20-13-5-6-24(10-13)18(25)8-11-1-4-17-16(7-11)23-19(26-17)12-2-3-14(21)15(22)9-12;/h1-4,7,9,13H,5-6,8,10H2;1H2/t13-;/m0./s1. The Labute approximate surface area is 165 Å². The van der Waals surface area contributed by atoms with Crippen LogP contribution in [0.5, 0.6) is 0 Å². The summed E-state index contributed by atoms with van der Waals surface area (Å²) in [7, 11) is 0. The smallest absolute Gasteiger partial charge is 0.227 e. The van der Waals surface area contributed by atoms with Gasteiger partial charge in [-0.05, 0) is 42.3 Å². The lowest BCUT2D eigenvalue weighted by Gasteiger charge is -2.14. The van der Waals surface area contributed by atoms with Gasteiger partial charge in [0.05, 0.1) is 23.2 Å². The molecular formula is C19H17F3N2OS2. The largest absolute Gasteiger partial charge is 0.339 e. The first-order valence-electron chi connectivity index (χ1n) is 8.26. The highest BCUT2D eigenvalue weighted by atomic mass is 32.1. The van der Waals surface area contributed by atoms with Crippen molar-refractivity contribution in [1.29, 1.82) is 0 Å². The van der Waals surface area contributed by atoms with Crippen molar-refractivity contribution in [2.24, 2.45) is 0 Å². The molecule has 0 saturated carbocycles. The zero-order valence-electron chi connectivity index (χ0n) is 14.2. The van der Waals surface area contributed by atoms with Crippen molar-refractivity contribution in [2.45, 2.75) is 19.0 Å². The number of aromatic nitrogens is 1. The number of nitrogens with zero attached hydrogens (tertiary/aromatic N) is 2. The summed E-state index contributed by atoms with van der Waals surface area (Å²) in [4.78, 5) is 18.3. The molecule has 1 aromatic heterocycles. The predicted octanol–water partition coefficient (Wildman–Crippen LogP) is 4.47. The van der Waals surface area contributed by atoms with Crippen molar-refractivity contribution in [2.75, 3.05) is 13.1 Å². The Morgan fingerprint density at radius 2 is 2.00 bits per heavy atom. The van der Waals surface area contributed by atoms with E-state index >= 15 is 0 Å². The zero-order valence-corrected chi connectivity index (χ0v) is 16.0. The summed E-state index contributed by atoms with van der Waals surface area (Å²) < 4.78 is 40.7. The molecule has 0 spiro atoms. The summed E-state index contributed by atoms with van der Waals surface area (Å²) in [5, 5.41) is 0.585. The normalized spacial score (nSPS) is 16.6. The van der Waals surface area contributed by atoms with E-state index in [4.69, 9.17) is 0 Å². The van der Waals surface area contributed by atoms with Crippen LogP contribution >= 0.6 is 24.8 Å². The molecule has 2 heterocycles. The number of carbonyl (C=O) groups is 1. The molecule has 142 valence electrons. The summed E-state index contributed by atoms with van der Waals surface area (Å²) in [5.41, 5.74) is 2.01. The highest BCUT2D eigenvalue weighted by molar-refractivity contribution is 7.59. The quantitative estimate of drug-likeness (QED) is 0.638. The van der Waals surface area contributed by atoms with Crippen LogP contribution < -0.4 is 0 Å². The molecule has 0 aliphatic carbocycles. The Bertz CT molecular complexity index is 992. The molecule has 0 unspecified atom stereocenters. The third-order valence-corrected chi connectivity index (χ3v) is 5.54. The van der Waals surface area contributed by atoms with Gasteiger partial charge in [-0.25, -0.2) is 18.2 Å². The molecule has 1 fully saturated rings. The Morgan fingerprint density at radius 3 is 2.70 bits per heavy atom. The SMILES string of the molecule is O=C(Cc1ccc2sc(-c3ccc(F)c(F)c3)nc2c1)N1CC[C@H](F)C1.S. The number of carbonyl (C=O) groups excluding carboxylic acids is 1. The monoisotopic (exact) mass is 410 g/mol. The number of likely N-dealkylation sites (tertiary alicyclic amines) is 1. The second-order valence-corrected chi connectivity index (χ2v) is 7.38. The minimum atomic E-state index is -0.932. The summed E-state index contributed by atoms with van der Waals surface area (Å²) in [6, 6.07) is 9.21. The fourth-order valence-electron chi connectivity index (χ4n) is 3.07. The molecule has 4 rings (SSSR count). The molecule has 0 bridgehead atoms. The lowest BCUT2D eigenvalue weighted by molar-refractivity contribution is -0.129. The molecule has 1 aliphatic rings. The number of halogens is 3. The van der Waals surface area contributed by atoms with Gasteiger partial charge in [-0.15, -0.1) is 11.3 Å². The van der Waals surface area contributed by atoms with Crippen LogP contribution in [0.4, 0.5) is 13.2 Å². The van der Waals surface area contributed by atoms with E-state index in [1.54, 1.807) is 4.90 Å². The fourth-order valence-corrected chi connectivity index (χ4v) is 4.01. The van der Waals surface area contributed by atoms with Gasteiger partial charge >= 0.3 is 0 Å². The van der Waals surface area contributed by atoms with E-state index in [-0.39, 0.29) is 32.4 Å². The maximum Gasteiger partial charge on any atom is 0.227 e. The van der Waals surface area contributed by atoms with Crippen molar-refractivity contribution in [3.63, 3.8) is 0 Å².